The molecule has 0 unspecified atom stereocenters. The molecule has 0 atom stereocenters. The van der Waals surface area contributed by atoms with E-state index in [-0.39, 0.29) is 5.82 Å². The molecule has 4 rings (SSSR count). The second-order valence-electron chi connectivity index (χ2n) is 7.28. The first kappa shape index (κ1) is 17.5. The maximum absolute atomic E-state index is 13.5. The van der Waals surface area contributed by atoms with Gasteiger partial charge >= 0.3 is 0 Å². The van der Waals surface area contributed by atoms with Crippen molar-refractivity contribution in [2.75, 3.05) is 44.3 Å². The summed E-state index contributed by atoms with van der Waals surface area (Å²) in [5, 5.41) is 0. The predicted molar refractivity (Wildman–Crippen MR) is 104 cm³/mol. The predicted octanol–water partition coefficient (Wildman–Crippen LogP) is 4.18. The molecule has 0 bridgehead atoms. The summed E-state index contributed by atoms with van der Waals surface area (Å²) >= 11 is 0. The minimum Gasteiger partial charge on any atom is -0.380 e. The molecule has 0 aliphatic carbocycles. The Kier molecular flexibility index (Phi) is 5.51. The summed E-state index contributed by atoms with van der Waals surface area (Å²) in [5.41, 5.74) is 3.25. The topological polar surface area (TPSA) is 15.7 Å². The van der Waals surface area contributed by atoms with Gasteiger partial charge in [-0.1, -0.05) is 24.3 Å². The van der Waals surface area contributed by atoms with Gasteiger partial charge in [0.1, 0.15) is 5.82 Å². The van der Waals surface area contributed by atoms with Crippen LogP contribution in [0.1, 0.15) is 19.3 Å². The monoisotopic (exact) mass is 354 g/mol. The zero-order valence-electron chi connectivity index (χ0n) is 15.2. The lowest BCUT2D eigenvalue weighted by molar-refractivity contribution is 0.125. The van der Waals surface area contributed by atoms with Gasteiger partial charge in [-0.3, -0.25) is 4.90 Å². The smallest absolute Gasteiger partial charge is 0.123 e. The molecule has 0 amide bonds. The van der Waals surface area contributed by atoms with E-state index < -0.39 is 0 Å². The molecule has 138 valence electrons. The molecule has 26 heavy (non-hydrogen) atoms. The average molecular weight is 354 g/mol. The van der Waals surface area contributed by atoms with E-state index in [0.29, 0.717) is 6.04 Å². The van der Waals surface area contributed by atoms with Crippen molar-refractivity contribution in [3.05, 3.63) is 54.3 Å². The van der Waals surface area contributed by atoms with Crippen LogP contribution in [0.15, 0.2) is 48.5 Å². The Morgan fingerprint density at radius 3 is 2.42 bits per heavy atom. The molecule has 2 heterocycles. The Balaban J connectivity index is 1.42. The van der Waals surface area contributed by atoms with Gasteiger partial charge in [0.25, 0.3) is 0 Å². The number of piperidine rings is 1. The molecular formula is C22H27FN2O. The molecule has 0 saturated carbocycles. The fraction of sp³-hybridized carbons (Fsp3) is 0.455. The Morgan fingerprint density at radius 2 is 1.62 bits per heavy atom. The van der Waals surface area contributed by atoms with E-state index in [1.54, 1.807) is 12.1 Å². The van der Waals surface area contributed by atoms with E-state index >= 15 is 0 Å². The third-order valence-corrected chi connectivity index (χ3v) is 5.61. The Labute approximate surface area is 155 Å². The van der Waals surface area contributed by atoms with Gasteiger partial charge in [0.2, 0.25) is 0 Å². The molecular weight excluding hydrogens is 327 g/mol. The molecule has 3 nitrogen and oxygen atoms in total. The van der Waals surface area contributed by atoms with Crippen molar-refractivity contribution in [2.45, 2.75) is 25.3 Å². The van der Waals surface area contributed by atoms with Crippen molar-refractivity contribution in [1.82, 2.24) is 4.90 Å². The molecule has 0 aromatic heterocycles. The highest BCUT2D eigenvalue weighted by Gasteiger charge is 2.25. The van der Waals surface area contributed by atoms with Crippen LogP contribution in [-0.2, 0) is 4.74 Å². The van der Waals surface area contributed by atoms with Gasteiger partial charge in [0.05, 0.1) is 6.61 Å². The van der Waals surface area contributed by atoms with E-state index in [1.165, 1.54) is 31.1 Å². The van der Waals surface area contributed by atoms with Crippen LogP contribution in [-0.4, -0.2) is 50.3 Å². The number of rotatable bonds is 3. The fourth-order valence-corrected chi connectivity index (χ4v) is 4.17. The number of hydrogen-bond donors (Lipinski definition) is 0. The molecule has 2 aliphatic rings. The quantitative estimate of drug-likeness (QED) is 0.822. The summed E-state index contributed by atoms with van der Waals surface area (Å²) in [7, 11) is 0. The minimum atomic E-state index is -0.185. The van der Waals surface area contributed by atoms with Crippen molar-refractivity contribution in [1.29, 1.82) is 0 Å². The first-order valence-corrected chi connectivity index (χ1v) is 9.72. The maximum Gasteiger partial charge on any atom is 0.123 e. The molecule has 2 saturated heterocycles. The zero-order chi connectivity index (χ0) is 17.8. The normalized spacial score (nSPS) is 20.1. The summed E-state index contributed by atoms with van der Waals surface area (Å²) in [6.07, 6.45) is 3.55. The van der Waals surface area contributed by atoms with E-state index in [0.717, 1.165) is 50.4 Å². The number of anilines is 1. The van der Waals surface area contributed by atoms with Gasteiger partial charge in [-0.25, -0.2) is 4.39 Å². The lowest BCUT2D eigenvalue weighted by atomic mass is 10.0. The number of halogens is 1. The summed E-state index contributed by atoms with van der Waals surface area (Å²) in [6, 6.07) is 16.0. The largest absolute Gasteiger partial charge is 0.380 e. The highest BCUT2D eigenvalue weighted by Crippen LogP contribution is 2.28. The van der Waals surface area contributed by atoms with Gasteiger partial charge < -0.3 is 9.64 Å². The van der Waals surface area contributed by atoms with E-state index in [4.69, 9.17) is 4.74 Å². The van der Waals surface area contributed by atoms with Crippen molar-refractivity contribution in [2.24, 2.45) is 0 Å². The first-order valence-electron chi connectivity index (χ1n) is 9.72. The summed E-state index contributed by atoms with van der Waals surface area (Å²) in [6.45, 7) is 6.17. The molecule has 0 spiro atoms. The van der Waals surface area contributed by atoms with Gasteiger partial charge in [-0.05, 0) is 54.7 Å². The highest BCUT2D eigenvalue weighted by atomic mass is 19.1. The van der Waals surface area contributed by atoms with E-state index in [1.807, 2.05) is 6.07 Å². The van der Waals surface area contributed by atoms with Crippen LogP contribution in [0.2, 0.25) is 0 Å². The maximum atomic E-state index is 13.5. The second kappa shape index (κ2) is 8.19. The van der Waals surface area contributed by atoms with Crippen LogP contribution < -0.4 is 4.90 Å². The van der Waals surface area contributed by atoms with Crippen LogP contribution in [0, 0.1) is 5.82 Å². The third kappa shape index (κ3) is 4.08. The van der Waals surface area contributed by atoms with E-state index in [2.05, 4.69) is 34.1 Å². The lowest BCUT2D eigenvalue weighted by Crippen LogP contribution is -2.45. The number of nitrogens with zero attached hydrogens (tertiary/aromatic N) is 2. The van der Waals surface area contributed by atoms with Crippen LogP contribution in [0.25, 0.3) is 11.1 Å². The van der Waals surface area contributed by atoms with Crippen molar-refractivity contribution in [3.8, 4) is 11.1 Å². The SMILES string of the molecule is Fc1cccc(-c2cccc(N3CCC(N4CCCOCC4)CC3)c2)c1. The summed E-state index contributed by atoms with van der Waals surface area (Å²) in [5.74, 6) is -0.185. The number of hydrogen-bond acceptors (Lipinski definition) is 3. The van der Waals surface area contributed by atoms with Crippen molar-refractivity contribution < 1.29 is 9.13 Å². The number of ether oxygens (including phenoxy) is 1. The molecule has 0 N–H and O–H groups in total. The Morgan fingerprint density at radius 1 is 0.846 bits per heavy atom. The van der Waals surface area contributed by atoms with E-state index in [9.17, 15) is 4.39 Å². The molecule has 0 radical (unpaired) electrons. The highest BCUT2D eigenvalue weighted by molar-refractivity contribution is 5.68. The van der Waals surface area contributed by atoms with Gasteiger partial charge in [0.15, 0.2) is 0 Å². The van der Waals surface area contributed by atoms with Crippen LogP contribution in [0.5, 0.6) is 0 Å². The lowest BCUT2D eigenvalue weighted by Gasteiger charge is -2.39. The standard InChI is InChI=1S/C22H27FN2O/c23-20-6-1-4-18(16-20)19-5-2-7-22(17-19)25-11-8-21(9-12-25)24-10-3-14-26-15-13-24/h1-2,4-7,16-17,21H,3,8-15H2. The summed E-state index contributed by atoms with van der Waals surface area (Å²) in [4.78, 5) is 5.08. The Hall–Kier alpha value is -1.91. The van der Waals surface area contributed by atoms with Crippen LogP contribution in [0.4, 0.5) is 10.1 Å². The van der Waals surface area contributed by atoms with Crippen LogP contribution in [0.3, 0.4) is 0 Å². The van der Waals surface area contributed by atoms with Gasteiger partial charge in [0, 0.05) is 44.5 Å². The van der Waals surface area contributed by atoms with Crippen molar-refractivity contribution in [3.63, 3.8) is 0 Å². The van der Waals surface area contributed by atoms with Crippen LogP contribution >= 0.6 is 0 Å². The molecule has 2 fully saturated rings. The zero-order valence-corrected chi connectivity index (χ0v) is 15.2. The Bertz CT molecular complexity index is 720. The summed E-state index contributed by atoms with van der Waals surface area (Å²) < 4.78 is 19.1. The molecule has 2 aromatic carbocycles. The fourth-order valence-electron chi connectivity index (χ4n) is 4.17. The number of benzene rings is 2. The van der Waals surface area contributed by atoms with Crippen molar-refractivity contribution >= 4 is 5.69 Å². The second-order valence-corrected chi connectivity index (χ2v) is 7.28. The molecule has 4 heteroatoms. The third-order valence-electron chi connectivity index (χ3n) is 5.61. The molecule has 2 aliphatic heterocycles. The minimum absolute atomic E-state index is 0.185. The van der Waals surface area contributed by atoms with Gasteiger partial charge in [-0.15, -0.1) is 0 Å². The molecule has 2 aromatic rings. The average Bonchev–Trinajstić information content (AvgIpc) is 2.98. The first-order chi connectivity index (χ1) is 12.8. The van der Waals surface area contributed by atoms with Gasteiger partial charge in [-0.2, -0.15) is 0 Å².